The number of hydrogen-bond acceptors (Lipinski definition) is 4. The fourth-order valence-corrected chi connectivity index (χ4v) is 2.44. The highest BCUT2D eigenvalue weighted by molar-refractivity contribution is 5.86. The molecule has 0 aliphatic heterocycles. The predicted molar refractivity (Wildman–Crippen MR) is 108 cm³/mol. The van der Waals surface area contributed by atoms with E-state index in [2.05, 4.69) is 24.2 Å². The third kappa shape index (κ3) is 7.24. The van der Waals surface area contributed by atoms with Gasteiger partial charge < -0.3 is 15.1 Å². The van der Waals surface area contributed by atoms with Crippen LogP contribution in [0, 0.1) is 10.1 Å². The molecule has 0 radical (unpaired) electrons. The van der Waals surface area contributed by atoms with E-state index in [4.69, 9.17) is 0 Å². The van der Waals surface area contributed by atoms with Gasteiger partial charge in [-0.05, 0) is 32.8 Å². The number of guanidine groups is 1. The quantitative estimate of drug-likeness (QED) is 0.309. The summed E-state index contributed by atoms with van der Waals surface area (Å²) in [5, 5.41) is 14.1. The number of rotatable bonds is 9. The Labute approximate surface area is 161 Å². The summed E-state index contributed by atoms with van der Waals surface area (Å²) in [4.78, 5) is 30.9. The van der Waals surface area contributed by atoms with Crippen molar-refractivity contribution in [2.45, 2.75) is 46.7 Å². The molecular formula is C19H31N5O3. The van der Waals surface area contributed by atoms with Gasteiger partial charge in [0.15, 0.2) is 5.96 Å². The Balaban J connectivity index is 2.89. The summed E-state index contributed by atoms with van der Waals surface area (Å²) in [6.07, 6.45) is 0.925. The number of carbonyl (C=O) groups is 1. The minimum absolute atomic E-state index is 0.0523. The molecule has 1 aromatic carbocycles. The van der Waals surface area contributed by atoms with Crippen LogP contribution in [-0.2, 0) is 11.3 Å². The predicted octanol–water partition coefficient (Wildman–Crippen LogP) is 2.64. The third-order valence-electron chi connectivity index (χ3n) is 4.40. The number of nitrogens with zero attached hydrogens (tertiary/aromatic N) is 4. The van der Waals surface area contributed by atoms with Crippen LogP contribution < -0.4 is 5.32 Å². The van der Waals surface area contributed by atoms with Crippen molar-refractivity contribution in [3.63, 3.8) is 0 Å². The lowest BCUT2D eigenvalue weighted by Crippen LogP contribution is -2.47. The Hall–Kier alpha value is -2.64. The summed E-state index contributed by atoms with van der Waals surface area (Å²) >= 11 is 0. The smallest absolute Gasteiger partial charge is 0.269 e. The van der Waals surface area contributed by atoms with Crippen LogP contribution in [-0.4, -0.2) is 59.3 Å². The summed E-state index contributed by atoms with van der Waals surface area (Å²) in [5.41, 5.74) is 0.926. The number of benzene rings is 1. The van der Waals surface area contributed by atoms with E-state index in [-0.39, 0.29) is 24.2 Å². The zero-order valence-electron chi connectivity index (χ0n) is 16.9. The van der Waals surface area contributed by atoms with Crippen LogP contribution in [0.25, 0.3) is 0 Å². The molecule has 8 nitrogen and oxygen atoms in total. The van der Waals surface area contributed by atoms with Crippen molar-refractivity contribution in [1.29, 1.82) is 0 Å². The van der Waals surface area contributed by atoms with Gasteiger partial charge in [-0.15, -0.1) is 0 Å². The average Bonchev–Trinajstić information content (AvgIpc) is 2.65. The monoisotopic (exact) mass is 377 g/mol. The molecule has 0 fully saturated rings. The standard InChI is InChI=1S/C19H31N5O3/c1-6-15(4)21-19(22(5)14-18(25)23(7-2)8-3)20-13-16-9-11-17(12-10-16)24(26)27/h9-12,15H,6-8,13-14H2,1-5H3,(H,20,21). The molecular weight excluding hydrogens is 346 g/mol. The lowest BCUT2D eigenvalue weighted by Gasteiger charge is -2.27. The van der Waals surface area contributed by atoms with Gasteiger partial charge in [-0.3, -0.25) is 14.9 Å². The van der Waals surface area contributed by atoms with E-state index in [0.717, 1.165) is 12.0 Å². The molecule has 1 N–H and O–H groups in total. The Morgan fingerprint density at radius 2 is 1.81 bits per heavy atom. The number of amides is 1. The Kier molecular flexibility index (Phi) is 9.25. The van der Waals surface area contributed by atoms with Gasteiger partial charge in [0, 0.05) is 38.3 Å². The van der Waals surface area contributed by atoms with Crippen LogP contribution in [0.1, 0.15) is 39.7 Å². The van der Waals surface area contributed by atoms with Gasteiger partial charge in [0.25, 0.3) is 5.69 Å². The fraction of sp³-hybridized carbons (Fsp3) is 0.579. The number of carbonyl (C=O) groups excluding carboxylic acids is 1. The zero-order valence-corrected chi connectivity index (χ0v) is 16.9. The summed E-state index contributed by atoms with van der Waals surface area (Å²) < 4.78 is 0. The molecule has 0 bridgehead atoms. The SMILES string of the molecule is CCC(C)NC(=NCc1ccc([N+](=O)[O-])cc1)N(C)CC(=O)N(CC)CC. The molecule has 8 heteroatoms. The third-order valence-corrected chi connectivity index (χ3v) is 4.40. The van der Waals surface area contributed by atoms with Gasteiger partial charge in [0.05, 0.1) is 18.0 Å². The number of non-ortho nitro benzene ring substituents is 1. The number of nitro benzene ring substituents is 1. The molecule has 150 valence electrons. The number of aliphatic imine (C=N–C) groups is 1. The molecule has 1 amide bonds. The first kappa shape index (κ1) is 22.4. The van der Waals surface area contributed by atoms with E-state index < -0.39 is 4.92 Å². The first-order chi connectivity index (χ1) is 12.8. The topological polar surface area (TPSA) is 91.1 Å². The molecule has 27 heavy (non-hydrogen) atoms. The first-order valence-electron chi connectivity index (χ1n) is 9.35. The molecule has 1 atom stereocenters. The molecule has 0 saturated heterocycles. The van der Waals surface area contributed by atoms with Crippen LogP contribution >= 0.6 is 0 Å². The van der Waals surface area contributed by atoms with E-state index in [9.17, 15) is 14.9 Å². The van der Waals surface area contributed by atoms with Crippen molar-refractivity contribution in [1.82, 2.24) is 15.1 Å². The van der Waals surface area contributed by atoms with Gasteiger partial charge in [-0.25, -0.2) is 4.99 Å². The molecule has 1 unspecified atom stereocenters. The summed E-state index contributed by atoms with van der Waals surface area (Å²) in [6.45, 7) is 10.0. The van der Waals surface area contributed by atoms with Crippen molar-refractivity contribution in [3.05, 3.63) is 39.9 Å². The van der Waals surface area contributed by atoms with Crippen LogP contribution in [0.5, 0.6) is 0 Å². The summed E-state index contributed by atoms with van der Waals surface area (Å²) in [7, 11) is 1.84. The van der Waals surface area contributed by atoms with Crippen molar-refractivity contribution in [2.75, 3.05) is 26.7 Å². The van der Waals surface area contributed by atoms with Crippen molar-refractivity contribution in [3.8, 4) is 0 Å². The normalized spacial score (nSPS) is 12.4. The fourth-order valence-electron chi connectivity index (χ4n) is 2.44. The van der Waals surface area contributed by atoms with E-state index in [1.807, 2.05) is 25.8 Å². The first-order valence-corrected chi connectivity index (χ1v) is 9.35. The highest BCUT2D eigenvalue weighted by Crippen LogP contribution is 2.12. The van der Waals surface area contributed by atoms with Crippen molar-refractivity contribution >= 4 is 17.6 Å². The van der Waals surface area contributed by atoms with Gasteiger partial charge in [-0.2, -0.15) is 0 Å². The van der Waals surface area contributed by atoms with Crippen LogP contribution in [0.3, 0.4) is 0 Å². The largest absolute Gasteiger partial charge is 0.354 e. The maximum Gasteiger partial charge on any atom is 0.269 e. The molecule has 0 aliphatic rings. The van der Waals surface area contributed by atoms with E-state index in [0.29, 0.717) is 25.6 Å². The van der Waals surface area contributed by atoms with E-state index in [1.165, 1.54) is 12.1 Å². The maximum atomic E-state index is 12.4. The second-order valence-corrected chi connectivity index (χ2v) is 6.44. The summed E-state index contributed by atoms with van der Waals surface area (Å²) in [6, 6.07) is 6.56. The molecule has 0 aromatic heterocycles. The minimum atomic E-state index is -0.421. The van der Waals surface area contributed by atoms with Gasteiger partial charge >= 0.3 is 0 Å². The highest BCUT2D eigenvalue weighted by Gasteiger charge is 2.16. The highest BCUT2D eigenvalue weighted by atomic mass is 16.6. The summed E-state index contributed by atoms with van der Waals surface area (Å²) in [5.74, 6) is 0.694. The van der Waals surface area contributed by atoms with Gasteiger partial charge in [-0.1, -0.05) is 19.1 Å². The number of likely N-dealkylation sites (N-methyl/N-ethyl adjacent to an activating group) is 2. The number of nitrogens with one attached hydrogen (secondary N) is 1. The van der Waals surface area contributed by atoms with Crippen LogP contribution in [0.15, 0.2) is 29.3 Å². The Morgan fingerprint density at radius 1 is 1.22 bits per heavy atom. The minimum Gasteiger partial charge on any atom is -0.354 e. The molecule has 0 aliphatic carbocycles. The second kappa shape index (κ2) is 11.2. The average molecular weight is 377 g/mol. The molecule has 1 rings (SSSR count). The van der Waals surface area contributed by atoms with Crippen molar-refractivity contribution in [2.24, 2.45) is 4.99 Å². The maximum absolute atomic E-state index is 12.4. The van der Waals surface area contributed by atoms with Gasteiger partial charge in [0.1, 0.15) is 0 Å². The molecule has 0 heterocycles. The molecule has 0 saturated carbocycles. The number of hydrogen-bond donors (Lipinski definition) is 1. The van der Waals surface area contributed by atoms with Crippen LogP contribution in [0.4, 0.5) is 5.69 Å². The number of nitro groups is 1. The van der Waals surface area contributed by atoms with Crippen molar-refractivity contribution < 1.29 is 9.72 Å². The molecule has 0 spiro atoms. The second-order valence-electron chi connectivity index (χ2n) is 6.44. The lowest BCUT2D eigenvalue weighted by molar-refractivity contribution is -0.384. The lowest BCUT2D eigenvalue weighted by atomic mass is 10.2. The zero-order chi connectivity index (χ0) is 20.4. The Bertz CT molecular complexity index is 641. The van der Waals surface area contributed by atoms with E-state index >= 15 is 0 Å². The van der Waals surface area contributed by atoms with Gasteiger partial charge in [0.2, 0.25) is 5.91 Å². The van der Waals surface area contributed by atoms with E-state index in [1.54, 1.807) is 17.0 Å². The molecule has 1 aromatic rings. The Morgan fingerprint density at radius 3 is 2.30 bits per heavy atom. The van der Waals surface area contributed by atoms with Crippen LogP contribution in [0.2, 0.25) is 0 Å².